The van der Waals surface area contributed by atoms with E-state index in [1.807, 2.05) is 13.8 Å². The molecule has 0 aromatic heterocycles. The van der Waals surface area contributed by atoms with Crippen molar-refractivity contribution in [2.24, 2.45) is 11.3 Å². The van der Waals surface area contributed by atoms with Crippen LogP contribution in [0, 0.1) is 11.3 Å². The summed E-state index contributed by atoms with van der Waals surface area (Å²) >= 11 is 0. The Bertz CT molecular complexity index is 478. The molecular weight excluding hydrogens is 314 g/mol. The monoisotopic (exact) mass is 343 g/mol. The molecule has 24 heavy (non-hydrogen) atoms. The minimum atomic E-state index is -1.06. The lowest BCUT2D eigenvalue weighted by Crippen LogP contribution is -2.54. The molecule has 0 bridgehead atoms. The molecule has 7 nitrogen and oxygen atoms in total. The van der Waals surface area contributed by atoms with E-state index in [1.165, 1.54) is 4.90 Å². The van der Waals surface area contributed by atoms with Crippen molar-refractivity contribution < 1.29 is 29.3 Å². The third-order valence-corrected chi connectivity index (χ3v) is 4.16. The summed E-state index contributed by atoms with van der Waals surface area (Å²) in [5, 5.41) is 18.2. The highest BCUT2D eigenvalue weighted by Gasteiger charge is 2.42. The van der Waals surface area contributed by atoms with Gasteiger partial charge in [0.2, 0.25) is 0 Å². The Kier molecular flexibility index (Phi) is 6.25. The molecule has 0 spiro atoms. The van der Waals surface area contributed by atoms with Gasteiger partial charge in [-0.3, -0.25) is 9.59 Å². The minimum absolute atomic E-state index is 0.121. The van der Waals surface area contributed by atoms with Crippen LogP contribution in [0.4, 0.5) is 4.79 Å². The van der Waals surface area contributed by atoms with Gasteiger partial charge in [-0.1, -0.05) is 13.8 Å². The molecule has 1 atom stereocenters. The first-order chi connectivity index (χ1) is 10.8. The molecular formula is C17H29NO6. The summed E-state index contributed by atoms with van der Waals surface area (Å²) in [6, 6.07) is -0.444. The highest BCUT2D eigenvalue weighted by Crippen LogP contribution is 2.37. The van der Waals surface area contributed by atoms with E-state index in [-0.39, 0.29) is 18.3 Å². The molecule has 1 rings (SSSR count). The van der Waals surface area contributed by atoms with Crippen LogP contribution in [0.2, 0.25) is 0 Å². The van der Waals surface area contributed by atoms with Gasteiger partial charge in [0.15, 0.2) is 0 Å². The summed E-state index contributed by atoms with van der Waals surface area (Å²) in [5.74, 6) is -2.76. The lowest BCUT2D eigenvalue weighted by Gasteiger charge is -2.46. The Hall–Kier alpha value is -1.79. The third-order valence-electron chi connectivity index (χ3n) is 4.16. The van der Waals surface area contributed by atoms with E-state index in [0.717, 1.165) is 6.42 Å². The van der Waals surface area contributed by atoms with Gasteiger partial charge in [-0.05, 0) is 39.0 Å². The number of carbonyl (C=O) groups is 3. The fraction of sp³-hybridized carbons (Fsp3) is 0.824. The first-order valence-electron chi connectivity index (χ1n) is 8.24. The summed E-state index contributed by atoms with van der Waals surface area (Å²) < 4.78 is 5.45. The van der Waals surface area contributed by atoms with Crippen LogP contribution in [0.1, 0.15) is 60.3 Å². The molecule has 1 unspecified atom stereocenters. The van der Waals surface area contributed by atoms with Crippen LogP contribution in [0.15, 0.2) is 0 Å². The zero-order valence-electron chi connectivity index (χ0n) is 15.2. The van der Waals surface area contributed by atoms with Crippen molar-refractivity contribution in [3.05, 3.63) is 0 Å². The van der Waals surface area contributed by atoms with Crippen LogP contribution in [0.25, 0.3) is 0 Å². The molecule has 0 aromatic carbocycles. The fourth-order valence-electron chi connectivity index (χ4n) is 3.16. The van der Waals surface area contributed by atoms with Gasteiger partial charge in [0.1, 0.15) is 5.60 Å². The van der Waals surface area contributed by atoms with Crippen molar-refractivity contribution in [3.63, 3.8) is 0 Å². The molecule has 0 saturated carbocycles. The number of ether oxygens (including phenoxy) is 1. The Morgan fingerprint density at radius 2 is 1.67 bits per heavy atom. The number of hydrogen-bond acceptors (Lipinski definition) is 4. The molecule has 0 aromatic rings. The van der Waals surface area contributed by atoms with Gasteiger partial charge in [0.05, 0.1) is 12.8 Å². The molecule has 1 saturated heterocycles. The number of carboxylic acid groups (broad SMARTS) is 2. The highest BCUT2D eigenvalue weighted by molar-refractivity contribution is 5.72. The molecule has 1 amide bonds. The van der Waals surface area contributed by atoms with Crippen LogP contribution in [-0.4, -0.2) is 51.3 Å². The lowest BCUT2D eigenvalue weighted by atomic mass is 9.76. The average Bonchev–Trinajstić information content (AvgIpc) is 2.33. The van der Waals surface area contributed by atoms with Gasteiger partial charge in [-0.25, -0.2) is 4.79 Å². The van der Waals surface area contributed by atoms with Crippen molar-refractivity contribution in [1.29, 1.82) is 0 Å². The van der Waals surface area contributed by atoms with Crippen LogP contribution in [-0.2, 0) is 14.3 Å². The van der Waals surface area contributed by atoms with Crippen molar-refractivity contribution in [2.75, 3.05) is 6.54 Å². The van der Waals surface area contributed by atoms with E-state index in [0.29, 0.717) is 13.0 Å². The van der Waals surface area contributed by atoms with Crippen molar-refractivity contribution in [2.45, 2.75) is 71.9 Å². The Morgan fingerprint density at radius 1 is 1.17 bits per heavy atom. The van der Waals surface area contributed by atoms with Gasteiger partial charge in [0, 0.05) is 18.5 Å². The summed E-state index contributed by atoms with van der Waals surface area (Å²) in [5.41, 5.74) is -0.789. The fourth-order valence-corrected chi connectivity index (χ4v) is 3.16. The van der Waals surface area contributed by atoms with E-state index in [4.69, 9.17) is 14.9 Å². The average molecular weight is 343 g/mol. The molecule has 1 heterocycles. The number of carbonyl (C=O) groups excluding carboxylic acids is 1. The predicted molar refractivity (Wildman–Crippen MR) is 87.7 cm³/mol. The van der Waals surface area contributed by atoms with Gasteiger partial charge in [-0.15, -0.1) is 0 Å². The zero-order valence-corrected chi connectivity index (χ0v) is 15.2. The summed E-state index contributed by atoms with van der Waals surface area (Å²) in [6.45, 7) is 9.78. The van der Waals surface area contributed by atoms with E-state index >= 15 is 0 Å². The lowest BCUT2D eigenvalue weighted by molar-refractivity contribution is -0.142. The highest BCUT2D eigenvalue weighted by atomic mass is 16.6. The number of piperidine rings is 1. The number of likely N-dealkylation sites (tertiary alicyclic amines) is 1. The maximum Gasteiger partial charge on any atom is 0.410 e. The van der Waals surface area contributed by atoms with Gasteiger partial charge in [0.25, 0.3) is 0 Å². The summed E-state index contributed by atoms with van der Waals surface area (Å²) in [4.78, 5) is 36.4. The molecule has 1 aliphatic rings. The predicted octanol–water partition coefficient (Wildman–Crippen LogP) is 2.98. The maximum absolute atomic E-state index is 12.6. The number of rotatable bonds is 5. The van der Waals surface area contributed by atoms with Crippen LogP contribution < -0.4 is 0 Å². The second kappa shape index (κ2) is 7.40. The number of carboxylic acids is 2. The second-order valence-electron chi connectivity index (χ2n) is 8.33. The number of hydrogen-bond donors (Lipinski definition) is 2. The molecule has 2 N–H and O–H groups in total. The van der Waals surface area contributed by atoms with Gasteiger partial charge >= 0.3 is 18.0 Å². The Labute approximate surface area is 143 Å². The van der Waals surface area contributed by atoms with Crippen molar-refractivity contribution in [1.82, 2.24) is 4.90 Å². The SMILES string of the molecule is CC1(C)CCC(C(CC(=O)O)CC(=O)O)N(C(=O)OC(C)(C)C)C1. The minimum Gasteiger partial charge on any atom is -0.481 e. The van der Waals surface area contributed by atoms with Crippen molar-refractivity contribution in [3.8, 4) is 0 Å². The normalized spacial score (nSPS) is 20.8. The molecule has 138 valence electrons. The summed E-state index contributed by atoms with van der Waals surface area (Å²) in [6.07, 6.45) is 0.290. The van der Waals surface area contributed by atoms with E-state index in [9.17, 15) is 14.4 Å². The third kappa shape index (κ3) is 6.37. The van der Waals surface area contributed by atoms with Crippen LogP contribution in [0.3, 0.4) is 0 Å². The molecule has 7 heteroatoms. The van der Waals surface area contributed by atoms with Gasteiger partial charge < -0.3 is 19.8 Å². The Morgan fingerprint density at radius 3 is 2.08 bits per heavy atom. The number of nitrogens with zero attached hydrogens (tertiary/aromatic N) is 1. The maximum atomic E-state index is 12.6. The smallest absolute Gasteiger partial charge is 0.410 e. The van der Waals surface area contributed by atoms with E-state index in [2.05, 4.69) is 0 Å². The topological polar surface area (TPSA) is 104 Å². The largest absolute Gasteiger partial charge is 0.481 e. The molecule has 0 radical (unpaired) electrons. The molecule has 0 aliphatic carbocycles. The molecule has 1 fully saturated rings. The van der Waals surface area contributed by atoms with E-state index < -0.39 is 35.6 Å². The van der Waals surface area contributed by atoms with Crippen LogP contribution in [0.5, 0.6) is 0 Å². The van der Waals surface area contributed by atoms with E-state index in [1.54, 1.807) is 20.8 Å². The number of aliphatic carboxylic acids is 2. The summed E-state index contributed by atoms with van der Waals surface area (Å²) in [7, 11) is 0. The quantitative estimate of drug-likeness (QED) is 0.795. The van der Waals surface area contributed by atoms with Crippen molar-refractivity contribution >= 4 is 18.0 Å². The zero-order chi connectivity index (χ0) is 18.7. The van der Waals surface area contributed by atoms with Gasteiger partial charge in [-0.2, -0.15) is 0 Å². The first kappa shape index (κ1) is 20.3. The standard InChI is InChI=1S/C17H29NO6/c1-16(2,3)24-15(23)18-10-17(4,5)7-6-12(18)11(8-13(19)20)9-14(21)22/h11-12H,6-10H2,1-5H3,(H,19,20)(H,21,22). The first-order valence-corrected chi connectivity index (χ1v) is 8.24. The Balaban J connectivity index is 3.06. The molecule has 1 aliphatic heterocycles. The van der Waals surface area contributed by atoms with Crippen LogP contribution >= 0.6 is 0 Å². The second-order valence-corrected chi connectivity index (χ2v) is 8.33. The number of amides is 1.